The first kappa shape index (κ1) is 21.5. The minimum Gasteiger partial charge on any atom is -0.438 e. The molecular weight excluding hydrogens is 408 g/mol. The summed E-state index contributed by atoms with van der Waals surface area (Å²) in [6.45, 7) is 6.08. The lowest BCUT2D eigenvalue weighted by Crippen LogP contribution is -2.51. The lowest BCUT2D eigenvalue weighted by Gasteiger charge is -2.45. The summed E-state index contributed by atoms with van der Waals surface area (Å²) in [7, 11) is 0. The molecule has 6 heteroatoms. The van der Waals surface area contributed by atoms with Crippen LogP contribution in [0.3, 0.4) is 0 Å². The average molecular weight is 437 g/mol. The highest BCUT2D eigenvalue weighted by molar-refractivity contribution is 7.07. The number of thiazole rings is 1. The first-order valence-electron chi connectivity index (χ1n) is 10.5. The molecule has 0 spiro atoms. The van der Waals surface area contributed by atoms with Crippen molar-refractivity contribution in [3.8, 4) is 11.3 Å². The maximum Gasteiger partial charge on any atom is 0.411 e. The van der Waals surface area contributed by atoms with Gasteiger partial charge in [0.2, 0.25) is 0 Å². The van der Waals surface area contributed by atoms with Crippen LogP contribution in [0.5, 0.6) is 0 Å². The number of aromatic nitrogens is 1. The van der Waals surface area contributed by atoms with E-state index >= 15 is 0 Å². The smallest absolute Gasteiger partial charge is 0.411 e. The normalized spacial score (nSPS) is 20.4. The summed E-state index contributed by atoms with van der Waals surface area (Å²) in [6.07, 6.45) is 0.615. The van der Waals surface area contributed by atoms with Crippen LogP contribution in [-0.2, 0) is 10.3 Å². The van der Waals surface area contributed by atoms with Gasteiger partial charge in [-0.25, -0.2) is 9.78 Å². The van der Waals surface area contributed by atoms with Crippen LogP contribution in [0.1, 0.15) is 50.8 Å². The van der Waals surface area contributed by atoms with E-state index in [9.17, 15) is 9.90 Å². The minimum absolute atomic E-state index is 0.118. The maximum absolute atomic E-state index is 13.2. The molecule has 1 aliphatic heterocycles. The van der Waals surface area contributed by atoms with Crippen LogP contribution in [0, 0.1) is 0 Å². The Labute approximate surface area is 187 Å². The van der Waals surface area contributed by atoms with Crippen molar-refractivity contribution in [3.05, 3.63) is 76.6 Å². The number of hydrogen-bond donors (Lipinski definition) is 1. The van der Waals surface area contributed by atoms with Gasteiger partial charge in [0.1, 0.15) is 5.60 Å². The van der Waals surface area contributed by atoms with Gasteiger partial charge in [-0.15, -0.1) is 11.3 Å². The predicted molar refractivity (Wildman–Crippen MR) is 123 cm³/mol. The van der Waals surface area contributed by atoms with E-state index in [2.05, 4.69) is 4.98 Å². The van der Waals surface area contributed by atoms with Gasteiger partial charge in [0.25, 0.3) is 0 Å². The molecule has 0 saturated carbocycles. The Morgan fingerprint density at radius 3 is 2.48 bits per heavy atom. The molecule has 1 saturated heterocycles. The molecule has 2 atom stereocenters. The zero-order valence-corrected chi connectivity index (χ0v) is 18.9. The van der Waals surface area contributed by atoms with E-state index in [1.165, 1.54) is 0 Å². The predicted octanol–water partition coefficient (Wildman–Crippen LogP) is 5.77. The second-order valence-electron chi connectivity index (χ2n) is 8.83. The quantitative estimate of drug-likeness (QED) is 0.533. The fourth-order valence-corrected chi connectivity index (χ4v) is 4.92. The number of nitrogens with zero attached hydrogens (tertiary/aromatic N) is 2. The Morgan fingerprint density at radius 1 is 1.19 bits per heavy atom. The van der Waals surface area contributed by atoms with Gasteiger partial charge in [0, 0.05) is 30.3 Å². The molecule has 1 aliphatic rings. The average Bonchev–Trinajstić information content (AvgIpc) is 3.28. The fourth-order valence-electron chi connectivity index (χ4n) is 4.36. The molecule has 1 aromatic heterocycles. The van der Waals surface area contributed by atoms with Crippen LogP contribution in [0.25, 0.3) is 11.3 Å². The lowest BCUT2D eigenvalue weighted by molar-refractivity contribution is -0.101. The largest absolute Gasteiger partial charge is 0.438 e. The summed E-state index contributed by atoms with van der Waals surface area (Å²) < 4.78 is 6.09. The van der Waals surface area contributed by atoms with E-state index in [0.717, 1.165) is 22.4 Å². The molecule has 0 radical (unpaired) electrons. The molecule has 1 fully saturated rings. The Hall–Kier alpha value is -2.70. The van der Waals surface area contributed by atoms with Crippen molar-refractivity contribution in [1.82, 2.24) is 9.88 Å². The number of carbonyl (C=O) groups is 1. The summed E-state index contributed by atoms with van der Waals surface area (Å²) in [5, 5.41) is 12.6. The number of hydrogen-bond acceptors (Lipinski definition) is 5. The SMILES string of the molecule is C[C@@H](c1ccc(-c2cscn2)cc1)N1CCC(CC(C)(C)O)(c2ccccc2)OC1=O. The molecule has 1 N–H and O–H groups in total. The van der Waals surface area contributed by atoms with Crippen molar-refractivity contribution in [1.29, 1.82) is 0 Å². The van der Waals surface area contributed by atoms with Crippen molar-refractivity contribution in [2.24, 2.45) is 0 Å². The van der Waals surface area contributed by atoms with Crippen LogP contribution >= 0.6 is 11.3 Å². The number of benzene rings is 2. The molecular formula is C25H28N2O3S. The van der Waals surface area contributed by atoms with Crippen molar-refractivity contribution in [3.63, 3.8) is 0 Å². The van der Waals surface area contributed by atoms with E-state index in [4.69, 9.17) is 4.74 Å². The molecule has 3 aromatic rings. The summed E-state index contributed by atoms with van der Waals surface area (Å²) in [6, 6.07) is 17.8. The van der Waals surface area contributed by atoms with Gasteiger partial charge in [-0.2, -0.15) is 0 Å². The molecule has 31 heavy (non-hydrogen) atoms. The van der Waals surface area contributed by atoms with Crippen LogP contribution < -0.4 is 0 Å². The molecule has 0 aliphatic carbocycles. The molecule has 2 heterocycles. The standard InChI is InChI=1S/C25H28N2O3S/c1-18(19-9-11-20(12-10-19)22-15-31-17-26-22)27-14-13-25(30-23(27)28,16-24(2,3)29)21-7-5-4-6-8-21/h4-12,15,17-18,29H,13-14,16H2,1-3H3/t18-,25?/m0/s1. The van der Waals surface area contributed by atoms with Crippen molar-refractivity contribution >= 4 is 17.4 Å². The van der Waals surface area contributed by atoms with Gasteiger partial charge >= 0.3 is 6.09 Å². The molecule has 2 aromatic carbocycles. The van der Waals surface area contributed by atoms with E-state index in [1.807, 2.05) is 72.4 Å². The maximum atomic E-state index is 13.2. The van der Waals surface area contributed by atoms with Crippen LogP contribution in [0.2, 0.25) is 0 Å². The van der Waals surface area contributed by atoms with Gasteiger partial charge in [0.05, 0.1) is 22.8 Å². The Morgan fingerprint density at radius 2 is 1.90 bits per heavy atom. The lowest BCUT2D eigenvalue weighted by atomic mass is 9.80. The Kier molecular flexibility index (Phi) is 5.86. The van der Waals surface area contributed by atoms with Crippen molar-refractivity contribution < 1.29 is 14.6 Å². The molecule has 5 nitrogen and oxygen atoms in total. The highest BCUT2D eigenvalue weighted by Gasteiger charge is 2.46. The zero-order chi connectivity index (χ0) is 22.1. The minimum atomic E-state index is -0.963. The van der Waals surface area contributed by atoms with Gasteiger partial charge in [0.15, 0.2) is 0 Å². The van der Waals surface area contributed by atoms with Crippen LogP contribution in [0.15, 0.2) is 65.5 Å². The number of carbonyl (C=O) groups excluding carboxylic acids is 1. The third-order valence-corrected chi connectivity index (χ3v) is 6.47. The second kappa shape index (κ2) is 8.44. The fraction of sp³-hybridized carbons (Fsp3) is 0.360. The Balaban J connectivity index is 1.54. The zero-order valence-electron chi connectivity index (χ0n) is 18.1. The van der Waals surface area contributed by atoms with E-state index in [0.29, 0.717) is 19.4 Å². The van der Waals surface area contributed by atoms with Crippen molar-refractivity contribution in [2.45, 2.75) is 50.9 Å². The van der Waals surface area contributed by atoms with Crippen LogP contribution in [0.4, 0.5) is 4.79 Å². The van der Waals surface area contributed by atoms with Crippen LogP contribution in [-0.4, -0.2) is 33.2 Å². The van der Waals surface area contributed by atoms with Crippen molar-refractivity contribution in [2.75, 3.05) is 6.54 Å². The molecule has 0 bridgehead atoms. The van der Waals surface area contributed by atoms with E-state index in [1.54, 1.807) is 30.1 Å². The van der Waals surface area contributed by atoms with Gasteiger partial charge in [-0.05, 0) is 31.9 Å². The van der Waals surface area contributed by atoms with E-state index in [-0.39, 0.29) is 12.1 Å². The number of rotatable bonds is 6. The monoisotopic (exact) mass is 436 g/mol. The third kappa shape index (κ3) is 4.65. The van der Waals surface area contributed by atoms with Gasteiger partial charge in [-0.3, -0.25) is 0 Å². The number of cyclic esters (lactones) is 1. The summed E-state index contributed by atoms with van der Waals surface area (Å²) >= 11 is 1.57. The third-order valence-electron chi connectivity index (χ3n) is 5.88. The Bertz CT molecular complexity index is 1010. The van der Waals surface area contributed by atoms with Gasteiger partial charge < -0.3 is 14.7 Å². The van der Waals surface area contributed by atoms with E-state index < -0.39 is 11.2 Å². The molecule has 4 rings (SSSR count). The summed E-state index contributed by atoms with van der Waals surface area (Å²) in [5.74, 6) is 0. The first-order valence-corrected chi connectivity index (χ1v) is 11.5. The summed E-state index contributed by atoms with van der Waals surface area (Å²) in [4.78, 5) is 19.3. The highest BCUT2D eigenvalue weighted by Crippen LogP contribution is 2.42. The van der Waals surface area contributed by atoms with Gasteiger partial charge in [-0.1, -0.05) is 54.6 Å². The molecule has 1 amide bonds. The highest BCUT2D eigenvalue weighted by atomic mass is 32.1. The number of ether oxygens (including phenoxy) is 1. The number of aliphatic hydroxyl groups is 1. The summed E-state index contributed by atoms with van der Waals surface area (Å²) in [5.41, 5.74) is 4.02. The first-order chi connectivity index (χ1) is 14.8. The molecule has 162 valence electrons. The second-order valence-corrected chi connectivity index (χ2v) is 9.55. The molecule has 1 unspecified atom stereocenters. The number of amides is 1. The topological polar surface area (TPSA) is 62.7 Å².